The number of rotatable bonds is 6. The van der Waals surface area contributed by atoms with Gasteiger partial charge in [0.25, 0.3) is 5.91 Å². The Morgan fingerprint density at radius 2 is 2.07 bits per heavy atom. The minimum atomic E-state index is -0.380. The highest BCUT2D eigenvalue weighted by molar-refractivity contribution is 7.17. The highest BCUT2D eigenvalue weighted by Gasteiger charge is 2.29. The first-order chi connectivity index (χ1) is 14.1. The van der Waals surface area contributed by atoms with E-state index in [0.29, 0.717) is 34.2 Å². The number of anilines is 1. The van der Waals surface area contributed by atoms with Crippen LogP contribution in [0.5, 0.6) is 11.5 Å². The number of hydrogen-bond donors (Lipinski definition) is 1. The Bertz CT molecular complexity index is 939. The number of fused-ring (bicyclic) bond motifs is 2. The van der Waals surface area contributed by atoms with Crippen LogP contribution in [-0.4, -0.2) is 43.3 Å². The van der Waals surface area contributed by atoms with Gasteiger partial charge in [-0.15, -0.1) is 11.3 Å². The molecule has 0 radical (unpaired) electrons. The summed E-state index contributed by atoms with van der Waals surface area (Å²) in [5, 5.41) is 3.48. The van der Waals surface area contributed by atoms with E-state index in [1.165, 1.54) is 11.3 Å². The number of nitrogens with one attached hydrogen (secondary N) is 1. The monoisotopic (exact) mass is 416 g/mol. The predicted molar refractivity (Wildman–Crippen MR) is 110 cm³/mol. The quantitative estimate of drug-likeness (QED) is 0.724. The molecule has 1 amide bonds. The van der Waals surface area contributed by atoms with E-state index in [4.69, 9.17) is 14.2 Å². The summed E-state index contributed by atoms with van der Waals surface area (Å²) >= 11 is 1.46. The first kappa shape index (κ1) is 19.7. The number of esters is 1. The van der Waals surface area contributed by atoms with Crippen LogP contribution in [0.4, 0.5) is 5.00 Å². The lowest BCUT2D eigenvalue weighted by molar-refractivity contribution is 0.0526. The largest absolute Gasteiger partial charge is 0.462 e. The first-order valence-electron chi connectivity index (χ1n) is 9.85. The topological polar surface area (TPSA) is 77.1 Å². The van der Waals surface area contributed by atoms with Gasteiger partial charge in [0.1, 0.15) is 5.00 Å². The van der Waals surface area contributed by atoms with Gasteiger partial charge in [0.15, 0.2) is 11.5 Å². The lowest BCUT2D eigenvalue weighted by atomic mass is 10.0. The minimum absolute atomic E-state index is 0.152. The minimum Gasteiger partial charge on any atom is -0.462 e. The van der Waals surface area contributed by atoms with Gasteiger partial charge < -0.3 is 19.5 Å². The Labute approximate surface area is 173 Å². The molecule has 29 heavy (non-hydrogen) atoms. The fourth-order valence-electron chi connectivity index (χ4n) is 3.68. The Kier molecular flexibility index (Phi) is 5.73. The second kappa shape index (κ2) is 8.42. The van der Waals surface area contributed by atoms with Crippen molar-refractivity contribution in [2.75, 3.05) is 31.8 Å². The number of ether oxygens (including phenoxy) is 3. The van der Waals surface area contributed by atoms with Crippen molar-refractivity contribution in [2.45, 2.75) is 33.2 Å². The molecule has 0 aliphatic carbocycles. The van der Waals surface area contributed by atoms with Crippen LogP contribution in [-0.2, 0) is 17.7 Å². The number of hydrogen-bond acceptors (Lipinski definition) is 7. The SMILES string of the molecule is CCCN1CCc2c(sc(NC(=O)c3ccc4c(c3)OCO4)c2C(=O)OCC)C1. The zero-order valence-electron chi connectivity index (χ0n) is 16.6. The molecule has 2 aromatic rings. The molecule has 0 fully saturated rings. The van der Waals surface area contributed by atoms with E-state index in [1.807, 2.05) is 0 Å². The molecule has 154 valence electrons. The third kappa shape index (κ3) is 3.95. The van der Waals surface area contributed by atoms with Crippen LogP contribution in [0.3, 0.4) is 0 Å². The molecule has 3 heterocycles. The van der Waals surface area contributed by atoms with Crippen LogP contribution in [0.1, 0.15) is 51.4 Å². The van der Waals surface area contributed by atoms with Crippen LogP contribution < -0.4 is 14.8 Å². The molecule has 0 bridgehead atoms. The summed E-state index contributed by atoms with van der Waals surface area (Å²) in [5.74, 6) is 0.494. The van der Waals surface area contributed by atoms with Gasteiger partial charge in [-0.25, -0.2) is 4.79 Å². The fourth-order valence-corrected chi connectivity index (χ4v) is 4.96. The number of thiophene rings is 1. The lowest BCUT2D eigenvalue weighted by Gasteiger charge is -2.26. The van der Waals surface area contributed by atoms with Gasteiger partial charge >= 0.3 is 5.97 Å². The Morgan fingerprint density at radius 1 is 1.24 bits per heavy atom. The van der Waals surface area contributed by atoms with E-state index < -0.39 is 0 Å². The third-order valence-electron chi connectivity index (χ3n) is 5.02. The molecule has 1 aromatic heterocycles. The van der Waals surface area contributed by atoms with E-state index in [9.17, 15) is 9.59 Å². The molecular formula is C21H24N2O5S. The van der Waals surface area contributed by atoms with Crippen LogP contribution in [0.2, 0.25) is 0 Å². The Balaban J connectivity index is 1.62. The van der Waals surface area contributed by atoms with Crippen molar-refractivity contribution in [3.63, 3.8) is 0 Å². The average Bonchev–Trinajstić information content (AvgIpc) is 3.31. The molecule has 1 N–H and O–H groups in total. The van der Waals surface area contributed by atoms with Gasteiger partial charge in [0, 0.05) is 23.5 Å². The maximum atomic E-state index is 12.9. The fraction of sp³-hybridized carbons (Fsp3) is 0.429. The molecular weight excluding hydrogens is 392 g/mol. The van der Waals surface area contributed by atoms with Crippen molar-refractivity contribution >= 4 is 28.2 Å². The van der Waals surface area contributed by atoms with Crippen molar-refractivity contribution in [3.05, 3.63) is 39.8 Å². The second-order valence-corrected chi connectivity index (χ2v) is 8.08. The first-order valence-corrected chi connectivity index (χ1v) is 10.7. The van der Waals surface area contributed by atoms with Crippen molar-refractivity contribution < 1.29 is 23.8 Å². The van der Waals surface area contributed by atoms with Gasteiger partial charge in [-0.05, 0) is 50.1 Å². The highest BCUT2D eigenvalue weighted by Crippen LogP contribution is 2.38. The Morgan fingerprint density at radius 3 is 2.86 bits per heavy atom. The molecule has 2 aliphatic rings. The summed E-state index contributed by atoms with van der Waals surface area (Å²) in [7, 11) is 0. The molecule has 1 aromatic carbocycles. The predicted octanol–water partition coefficient (Wildman–Crippen LogP) is 3.67. The van der Waals surface area contributed by atoms with Crippen molar-refractivity contribution in [1.29, 1.82) is 0 Å². The summed E-state index contributed by atoms with van der Waals surface area (Å²) in [5.41, 5.74) is 1.95. The molecule has 0 unspecified atom stereocenters. The van der Waals surface area contributed by atoms with Crippen molar-refractivity contribution in [3.8, 4) is 11.5 Å². The zero-order valence-corrected chi connectivity index (χ0v) is 17.4. The standard InChI is InChI=1S/C21H24N2O5S/c1-3-8-23-9-7-14-17(11-23)29-20(18(14)21(25)26-4-2)22-19(24)13-5-6-15-16(10-13)28-12-27-15/h5-6,10H,3-4,7-9,11-12H2,1-2H3,(H,22,24). The average molecular weight is 416 g/mol. The molecule has 0 saturated heterocycles. The molecule has 2 aliphatic heterocycles. The molecule has 0 atom stereocenters. The van der Waals surface area contributed by atoms with Gasteiger partial charge in [-0.2, -0.15) is 0 Å². The van der Waals surface area contributed by atoms with E-state index in [0.717, 1.165) is 42.9 Å². The van der Waals surface area contributed by atoms with Gasteiger partial charge in [-0.1, -0.05) is 6.92 Å². The lowest BCUT2D eigenvalue weighted by Crippen LogP contribution is -2.30. The maximum absolute atomic E-state index is 12.9. The normalized spacial score (nSPS) is 15.1. The number of amides is 1. The van der Waals surface area contributed by atoms with E-state index >= 15 is 0 Å². The van der Waals surface area contributed by atoms with Crippen molar-refractivity contribution in [2.24, 2.45) is 0 Å². The number of nitrogens with zero attached hydrogens (tertiary/aromatic N) is 1. The highest BCUT2D eigenvalue weighted by atomic mass is 32.1. The van der Waals surface area contributed by atoms with E-state index in [2.05, 4.69) is 17.1 Å². The molecule has 7 nitrogen and oxygen atoms in total. The van der Waals surface area contributed by atoms with Gasteiger partial charge in [-0.3, -0.25) is 9.69 Å². The number of benzene rings is 1. The maximum Gasteiger partial charge on any atom is 0.341 e. The smallest absolute Gasteiger partial charge is 0.341 e. The molecule has 0 spiro atoms. The summed E-state index contributed by atoms with van der Waals surface area (Å²) in [6.45, 7) is 7.10. The molecule has 8 heteroatoms. The zero-order chi connectivity index (χ0) is 20.4. The van der Waals surface area contributed by atoms with Crippen molar-refractivity contribution in [1.82, 2.24) is 4.90 Å². The summed E-state index contributed by atoms with van der Waals surface area (Å²) in [6, 6.07) is 5.05. The number of carbonyl (C=O) groups is 2. The van der Waals surface area contributed by atoms with Crippen LogP contribution >= 0.6 is 11.3 Å². The summed E-state index contributed by atoms with van der Waals surface area (Å²) in [4.78, 5) is 29.0. The van der Waals surface area contributed by atoms with Gasteiger partial charge in [0.05, 0.1) is 12.2 Å². The van der Waals surface area contributed by atoms with Crippen LogP contribution in [0, 0.1) is 0 Å². The van der Waals surface area contributed by atoms with Crippen LogP contribution in [0.15, 0.2) is 18.2 Å². The number of carbonyl (C=O) groups excluding carboxylic acids is 2. The van der Waals surface area contributed by atoms with Gasteiger partial charge in [0.2, 0.25) is 6.79 Å². The van der Waals surface area contributed by atoms with E-state index in [1.54, 1.807) is 25.1 Å². The summed E-state index contributed by atoms with van der Waals surface area (Å²) < 4.78 is 15.9. The molecule has 0 saturated carbocycles. The Hall–Kier alpha value is -2.58. The second-order valence-electron chi connectivity index (χ2n) is 6.98. The molecule has 4 rings (SSSR count). The third-order valence-corrected chi connectivity index (χ3v) is 6.15. The van der Waals surface area contributed by atoms with E-state index in [-0.39, 0.29) is 18.7 Å². The van der Waals surface area contributed by atoms with Crippen LogP contribution in [0.25, 0.3) is 0 Å². The summed E-state index contributed by atoms with van der Waals surface area (Å²) in [6.07, 6.45) is 1.86.